The van der Waals surface area contributed by atoms with E-state index in [1.807, 2.05) is 30.3 Å². The second-order valence-corrected chi connectivity index (χ2v) is 5.07. The number of esters is 1. The van der Waals surface area contributed by atoms with E-state index < -0.39 is 0 Å². The Morgan fingerprint density at radius 2 is 1.95 bits per heavy atom. The highest BCUT2D eigenvalue weighted by Gasteiger charge is 2.04. The third kappa shape index (κ3) is 8.77. The number of nitrogens with zero attached hydrogens (tertiary/aromatic N) is 1. The van der Waals surface area contributed by atoms with Crippen molar-refractivity contribution < 1.29 is 14.3 Å². The van der Waals surface area contributed by atoms with Gasteiger partial charge in [0.15, 0.2) is 0 Å². The van der Waals surface area contributed by atoms with Crippen molar-refractivity contribution in [2.75, 3.05) is 46.4 Å². The largest absolute Gasteiger partial charge is 0.461 e. The van der Waals surface area contributed by atoms with Gasteiger partial charge in [-0.25, -0.2) is 0 Å². The Morgan fingerprint density at radius 1 is 1.18 bits per heavy atom. The predicted molar refractivity (Wildman–Crippen MR) is 87.7 cm³/mol. The van der Waals surface area contributed by atoms with Crippen molar-refractivity contribution in [1.82, 2.24) is 10.2 Å². The molecule has 22 heavy (non-hydrogen) atoms. The number of benzene rings is 1. The molecule has 5 heteroatoms. The minimum absolute atomic E-state index is 0.164. The normalized spacial score (nSPS) is 10.9. The van der Waals surface area contributed by atoms with Gasteiger partial charge in [0.25, 0.3) is 0 Å². The third-order valence-corrected chi connectivity index (χ3v) is 3.41. The lowest BCUT2D eigenvalue weighted by atomic mass is 10.2. The Morgan fingerprint density at radius 3 is 2.64 bits per heavy atom. The summed E-state index contributed by atoms with van der Waals surface area (Å²) in [4.78, 5) is 13.9. The molecule has 1 N–H and O–H groups in total. The van der Waals surface area contributed by atoms with Crippen LogP contribution in [0.15, 0.2) is 30.3 Å². The van der Waals surface area contributed by atoms with Crippen molar-refractivity contribution in [3.8, 4) is 0 Å². The number of methoxy groups -OCH3 is 1. The summed E-state index contributed by atoms with van der Waals surface area (Å²) in [7, 11) is 1.72. The molecule has 0 fully saturated rings. The van der Waals surface area contributed by atoms with Crippen LogP contribution in [0.4, 0.5) is 0 Å². The fraction of sp³-hybridized carbons (Fsp3) is 0.588. The Balaban J connectivity index is 2.02. The molecule has 0 amide bonds. The van der Waals surface area contributed by atoms with Crippen molar-refractivity contribution in [3.05, 3.63) is 35.9 Å². The van der Waals surface area contributed by atoms with Gasteiger partial charge in [0.05, 0.1) is 13.0 Å². The molecule has 0 aromatic heterocycles. The molecular formula is C17H28N2O3. The van der Waals surface area contributed by atoms with Crippen LogP contribution < -0.4 is 5.32 Å². The summed E-state index contributed by atoms with van der Waals surface area (Å²) in [6, 6.07) is 9.72. The Bertz CT molecular complexity index is 398. The molecule has 5 nitrogen and oxygen atoms in total. The summed E-state index contributed by atoms with van der Waals surface area (Å²) in [6.07, 6.45) is 0.400. The first-order chi connectivity index (χ1) is 10.8. The van der Waals surface area contributed by atoms with Crippen LogP contribution in [0.3, 0.4) is 0 Å². The molecule has 1 rings (SSSR count). The number of ether oxygens (including phenoxy) is 2. The SMILES string of the molecule is CCN(CCNCCC(=O)OCc1ccccc1)CCOC. The average Bonchev–Trinajstić information content (AvgIpc) is 2.56. The maximum atomic E-state index is 11.6. The van der Waals surface area contributed by atoms with Crippen LogP contribution in [-0.2, 0) is 20.9 Å². The van der Waals surface area contributed by atoms with E-state index in [4.69, 9.17) is 9.47 Å². The van der Waals surface area contributed by atoms with Gasteiger partial charge in [0.2, 0.25) is 0 Å². The van der Waals surface area contributed by atoms with E-state index in [9.17, 15) is 4.79 Å². The average molecular weight is 308 g/mol. The van der Waals surface area contributed by atoms with Crippen LogP contribution in [0.2, 0.25) is 0 Å². The van der Waals surface area contributed by atoms with Crippen molar-refractivity contribution in [1.29, 1.82) is 0 Å². The molecule has 0 aliphatic rings. The van der Waals surface area contributed by atoms with E-state index in [0.717, 1.165) is 38.3 Å². The Kier molecular flexibility index (Phi) is 10.3. The molecule has 1 aromatic rings. The van der Waals surface area contributed by atoms with E-state index in [0.29, 0.717) is 19.6 Å². The third-order valence-electron chi connectivity index (χ3n) is 3.41. The molecule has 0 heterocycles. The molecule has 0 bridgehead atoms. The van der Waals surface area contributed by atoms with Gasteiger partial charge in [-0.05, 0) is 12.1 Å². The molecule has 0 saturated heterocycles. The summed E-state index contributed by atoms with van der Waals surface area (Å²) < 4.78 is 10.3. The summed E-state index contributed by atoms with van der Waals surface area (Å²) in [5.41, 5.74) is 1.01. The number of nitrogens with one attached hydrogen (secondary N) is 1. The first kappa shape index (κ1) is 18.6. The molecule has 0 saturated carbocycles. The standard InChI is InChI=1S/C17H28N2O3/c1-3-19(13-14-21-2)12-11-18-10-9-17(20)22-15-16-7-5-4-6-8-16/h4-8,18H,3,9-15H2,1-2H3. The van der Waals surface area contributed by atoms with Crippen LogP contribution in [0.1, 0.15) is 18.9 Å². The monoisotopic (exact) mass is 308 g/mol. The van der Waals surface area contributed by atoms with Crippen molar-refractivity contribution in [2.45, 2.75) is 20.0 Å². The fourth-order valence-corrected chi connectivity index (χ4v) is 2.01. The first-order valence-electron chi connectivity index (χ1n) is 7.87. The second kappa shape index (κ2) is 12.1. The van der Waals surface area contributed by atoms with Crippen molar-refractivity contribution in [3.63, 3.8) is 0 Å². The van der Waals surface area contributed by atoms with Gasteiger partial charge >= 0.3 is 5.97 Å². The van der Waals surface area contributed by atoms with Crippen molar-refractivity contribution in [2.24, 2.45) is 0 Å². The summed E-state index contributed by atoms with van der Waals surface area (Å²) in [5.74, 6) is -0.164. The van der Waals surface area contributed by atoms with E-state index >= 15 is 0 Å². The summed E-state index contributed by atoms with van der Waals surface area (Å²) in [6.45, 7) is 7.65. The maximum absolute atomic E-state index is 11.6. The number of rotatable bonds is 12. The second-order valence-electron chi connectivity index (χ2n) is 5.07. The van der Waals surface area contributed by atoms with Gasteiger partial charge in [0.1, 0.15) is 6.61 Å². The minimum Gasteiger partial charge on any atom is -0.461 e. The van der Waals surface area contributed by atoms with Crippen LogP contribution in [0.5, 0.6) is 0 Å². The Hall–Kier alpha value is -1.43. The zero-order valence-electron chi connectivity index (χ0n) is 13.7. The topological polar surface area (TPSA) is 50.8 Å². The lowest BCUT2D eigenvalue weighted by molar-refractivity contribution is -0.144. The summed E-state index contributed by atoms with van der Waals surface area (Å²) in [5, 5.41) is 3.27. The molecule has 124 valence electrons. The molecule has 0 spiro atoms. The molecule has 0 aliphatic heterocycles. The van der Waals surface area contributed by atoms with Gasteiger partial charge < -0.3 is 19.7 Å². The van der Waals surface area contributed by atoms with E-state index in [2.05, 4.69) is 17.1 Å². The van der Waals surface area contributed by atoms with Crippen LogP contribution in [-0.4, -0.2) is 57.3 Å². The van der Waals surface area contributed by atoms with E-state index in [-0.39, 0.29) is 5.97 Å². The molecule has 0 atom stereocenters. The zero-order chi connectivity index (χ0) is 16.0. The molecule has 0 aliphatic carbocycles. The highest BCUT2D eigenvalue weighted by molar-refractivity contribution is 5.69. The number of hydrogen-bond donors (Lipinski definition) is 1. The molecular weight excluding hydrogens is 280 g/mol. The number of carbonyl (C=O) groups excluding carboxylic acids is 1. The highest BCUT2D eigenvalue weighted by atomic mass is 16.5. The van der Waals surface area contributed by atoms with Gasteiger partial charge in [0, 0.05) is 33.3 Å². The van der Waals surface area contributed by atoms with Gasteiger partial charge in [-0.2, -0.15) is 0 Å². The first-order valence-corrected chi connectivity index (χ1v) is 7.87. The molecule has 0 radical (unpaired) electrons. The van der Waals surface area contributed by atoms with Crippen molar-refractivity contribution >= 4 is 5.97 Å². The highest BCUT2D eigenvalue weighted by Crippen LogP contribution is 2.01. The van der Waals surface area contributed by atoms with Gasteiger partial charge in [-0.15, -0.1) is 0 Å². The lowest BCUT2D eigenvalue weighted by Gasteiger charge is -2.19. The van der Waals surface area contributed by atoms with Gasteiger partial charge in [-0.3, -0.25) is 4.79 Å². The van der Waals surface area contributed by atoms with E-state index in [1.54, 1.807) is 7.11 Å². The minimum atomic E-state index is -0.164. The van der Waals surface area contributed by atoms with Crippen LogP contribution >= 0.6 is 0 Å². The maximum Gasteiger partial charge on any atom is 0.307 e. The quantitative estimate of drug-likeness (QED) is 0.470. The molecule has 0 unspecified atom stereocenters. The fourth-order valence-electron chi connectivity index (χ4n) is 2.01. The molecule has 1 aromatic carbocycles. The van der Waals surface area contributed by atoms with Crippen LogP contribution in [0.25, 0.3) is 0 Å². The number of likely N-dealkylation sites (N-methyl/N-ethyl adjacent to an activating group) is 1. The number of carbonyl (C=O) groups is 1. The van der Waals surface area contributed by atoms with E-state index in [1.165, 1.54) is 0 Å². The van der Waals surface area contributed by atoms with Crippen LogP contribution in [0, 0.1) is 0 Å². The zero-order valence-corrected chi connectivity index (χ0v) is 13.7. The summed E-state index contributed by atoms with van der Waals surface area (Å²) >= 11 is 0. The lowest BCUT2D eigenvalue weighted by Crippen LogP contribution is -2.35. The predicted octanol–water partition coefficient (Wildman–Crippen LogP) is 1.68. The Labute approximate surface area is 133 Å². The van der Waals surface area contributed by atoms with Gasteiger partial charge in [-0.1, -0.05) is 37.3 Å². The number of hydrogen-bond acceptors (Lipinski definition) is 5. The smallest absolute Gasteiger partial charge is 0.307 e.